The van der Waals surface area contributed by atoms with E-state index in [1.54, 1.807) is 5.32 Å². The van der Waals surface area contributed by atoms with Crippen molar-refractivity contribution >= 4 is 0 Å². The maximum atomic E-state index is 10.1. The summed E-state index contributed by atoms with van der Waals surface area (Å²) in [6.45, 7) is -5.80. The van der Waals surface area contributed by atoms with Crippen molar-refractivity contribution in [2.24, 2.45) is 0 Å². The van der Waals surface area contributed by atoms with E-state index >= 15 is 0 Å². The quantitative estimate of drug-likeness (QED) is 0.696. The van der Waals surface area contributed by atoms with E-state index in [1.807, 2.05) is 0 Å². The standard InChI is InChI=1S/C11H17NO3/c1-12-7-11(13)9-4-3-5-10(6-9)15-8-14-2/h3-6,11-13H,7-8H2,1-2H3/i1D3,7D2,11D. The Morgan fingerprint density at radius 1 is 1.73 bits per heavy atom. The Labute approximate surface area is 98.3 Å². The van der Waals surface area contributed by atoms with Crippen LogP contribution in [-0.4, -0.2) is 32.5 Å². The lowest BCUT2D eigenvalue weighted by molar-refractivity contribution is 0.0508. The monoisotopic (exact) mass is 217 g/mol. The Kier molecular flexibility index (Phi) is 2.49. The summed E-state index contributed by atoms with van der Waals surface area (Å²) in [5.74, 6) is 0.254. The molecular formula is C11H17NO3. The molecule has 4 heteroatoms. The molecule has 0 saturated carbocycles. The molecule has 0 radical (unpaired) electrons. The largest absolute Gasteiger partial charge is 0.468 e. The normalized spacial score (nSPS) is 22.3. The number of aliphatic hydroxyl groups is 1. The molecule has 0 bridgehead atoms. The van der Waals surface area contributed by atoms with Gasteiger partial charge in [-0.1, -0.05) is 12.1 Å². The Morgan fingerprint density at radius 2 is 2.60 bits per heavy atom. The smallest absolute Gasteiger partial charge is 0.188 e. The van der Waals surface area contributed by atoms with Crippen LogP contribution in [0.3, 0.4) is 0 Å². The molecule has 1 aromatic carbocycles. The number of hydrogen-bond acceptors (Lipinski definition) is 4. The van der Waals surface area contributed by atoms with Gasteiger partial charge in [0.1, 0.15) is 5.75 Å². The van der Waals surface area contributed by atoms with Crippen LogP contribution in [0.1, 0.15) is 19.9 Å². The summed E-state index contributed by atoms with van der Waals surface area (Å²) in [4.78, 5) is 0. The highest BCUT2D eigenvalue weighted by Gasteiger charge is 2.06. The SMILES string of the molecule is [2H]C([2H])([2H])NC([2H])([2H])C([2H])(O)c1cccc(OCOC)c1. The molecule has 15 heavy (non-hydrogen) atoms. The summed E-state index contributed by atoms with van der Waals surface area (Å²) in [6, 6.07) is 5.52. The molecule has 0 spiro atoms. The van der Waals surface area contributed by atoms with E-state index in [-0.39, 0.29) is 18.1 Å². The summed E-state index contributed by atoms with van der Waals surface area (Å²) >= 11 is 0. The number of benzene rings is 1. The molecule has 0 aliphatic carbocycles. The molecule has 1 aromatic rings. The molecule has 0 aromatic heterocycles. The number of likely N-dealkylation sites (N-methyl/N-ethyl adjacent to an activating group) is 1. The zero-order valence-corrected chi connectivity index (χ0v) is 8.28. The maximum Gasteiger partial charge on any atom is 0.188 e. The number of methoxy groups -OCH3 is 1. The van der Waals surface area contributed by atoms with Crippen LogP contribution in [0.5, 0.6) is 5.75 Å². The van der Waals surface area contributed by atoms with Gasteiger partial charge in [-0.25, -0.2) is 0 Å². The van der Waals surface area contributed by atoms with Gasteiger partial charge in [0.05, 0.1) is 7.45 Å². The van der Waals surface area contributed by atoms with Gasteiger partial charge in [-0.15, -0.1) is 0 Å². The molecule has 0 aliphatic heterocycles. The maximum absolute atomic E-state index is 10.1. The molecule has 0 saturated heterocycles. The van der Waals surface area contributed by atoms with Crippen LogP contribution >= 0.6 is 0 Å². The second-order valence-corrected chi connectivity index (χ2v) is 2.68. The van der Waals surface area contributed by atoms with Gasteiger partial charge in [-0.3, -0.25) is 0 Å². The zero-order chi connectivity index (χ0) is 16.3. The fourth-order valence-corrected chi connectivity index (χ4v) is 0.992. The van der Waals surface area contributed by atoms with E-state index < -0.39 is 19.6 Å². The summed E-state index contributed by atoms with van der Waals surface area (Å²) < 4.78 is 53.9. The molecule has 0 heterocycles. The molecule has 1 unspecified atom stereocenters. The molecule has 2 N–H and O–H groups in total. The Balaban J connectivity index is 3.05. The summed E-state index contributed by atoms with van der Waals surface area (Å²) in [5.41, 5.74) is -0.155. The molecule has 1 rings (SSSR count). The van der Waals surface area contributed by atoms with Crippen LogP contribution in [0, 0.1) is 0 Å². The third kappa shape index (κ3) is 3.87. The minimum absolute atomic E-state index is 0.0553. The van der Waals surface area contributed by atoms with Crippen LogP contribution in [0.15, 0.2) is 24.3 Å². The van der Waals surface area contributed by atoms with Gasteiger partial charge in [-0.2, -0.15) is 0 Å². The first-order valence-corrected chi connectivity index (χ1v) is 4.23. The number of rotatable bonds is 6. The minimum Gasteiger partial charge on any atom is -0.468 e. The van der Waals surface area contributed by atoms with Crippen LogP contribution < -0.4 is 10.1 Å². The second-order valence-electron chi connectivity index (χ2n) is 2.68. The van der Waals surface area contributed by atoms with E-state index in [4.69, 9.17) is 17.7 Å². The highest BCUT2D eigenvalue weighted by Crippen LogP contribution is 2.18. The number of hydrogen-bond donors (Lipinski definition) is 2. The van der Waals surface area contributed by atoms with Crippen LogP contribution in [-0.2, 0) is 4.74 Å². The van der Waals surface area contributed by atoms with Crippen molar-refractivity contribution in [3.63, 3.8) is 0 Å². The molecule has 0 aliphatic rings. The van der Waals surface area contributed by atoms with Gasteiger partial charge in [0.15, 0.2) is 6.79 Å². The Bertz CT molecular complexity index is 477. The van der Waals surface area contributed by atoms with E-state index in [0.29, 0.717) is 0 Å². The highest BCUT2D eigenvalue weighted by atomic mass is 16.7. The molecule has 4 nitrogen and oxygen atoms in total. The molecule has 0 fully saturated rings. The third-order valence-corrected chi connectivity index (χ3v) is 1.63. The first-order chi connectivity index (χ1) is 9.49. The average molecular weight is 217 g/mol. The van der Waals surface area contributed by atoms with Crippen molar-refractivity contribution in [3.05, 3.63) is 29.8 Å². The van der Waals surface area contributed by atoms with Gasteiger partial charge in [0.25, 0.3) is 0 Å². The van der Waals surface area contributed by atoms with E-state index in [0.717, 1.165) is 0 Å². The predicted molar refractivity (Wildman–Crippen MR) is 57.8 cm³/mol. The van der Waals surface area contributed by atoms with Crippen LogP contribution in [0.4, 0.5) is 0 Å². The third-order valence-electron chi connectivity index (χ3n) is 1.63. The zero-order valence-electron chi connectivity index (χ0n) is 14.3. The Hall–Kier alpha value is -1.10. The van der Waals surface area contributed by atoms with Crippen molar-refractivity contribution in [2.45, 2.75) is 6.08 Å². The van der Waals surface area contributed by atoms with Crippen molar-refractivity contribution < 1.29 is 22.8 Å². The first kappa shape index (κ1) is 5.84. The van der Waals surface area contributed by atoms with Gasteiger partial charge in [0, 0.05) is 20.5 Å². The predicted octanol–water partition coefficient (Wildman–Crippen LogP) is 0.922. The molecular weight excluding hydrogens is 194 g/mol. The molecule has 1 atom stereocenters. The minimum atomic E-state index is -2.90. The lowest BCUT2D eigenvalue weighted by Gasteiger charge is -2.12. The van der Waals surface area contributed by atoms with E-state index in [2.05, 4.69) is 0 Å². The second kappa shape index (κ2) is 6.40. The van der Waals surface area contributed by atoms with E-state index in [1.165, 1.54) is 31.4 Å². The summed E-state index contributed by atoms with van der Waals surface area (Å²) in [5, 5.41) is 11.7. The fourth-order valence-electron chi connectivity index (χ4n) is 0.992. The summed E-state index contributed by atoms with van der Waals surface area (Å²) in [7, 11) is 1.42. The van der Waals surface area contributed by atoms with E-state index in [9.17, 15) is 5.11 Å². The van der Waals surface area contributed by atoms with Crippen molar-refractivity contribution in [3.8, 4) is 5.75 Å². The Morgan fingerprint density at radius 3 is 3.33 bits per heavy atom. The number of ether oxygens (including phenoxy) is 2. The topological polar surface area (TPSA) is 50.7 Å². The van der Waals surface area contributed by atoms with Crippen LogP contribution in [0.25, 0.3) is 0 Å². The highest BCUT2D eigenvalue weighted by molar-refractivity contribution is 5.29. The number of nitrogens with one attached hydrogen (secondary N) is 1. The lowest BCUT2D eigenvalue weighted by Crippen LogP contribution is -2.16. The van der Waals surface area contributed by atoms with Crippen LogP contribution in [0.2, 0.25) is 0 Å². The van der Waals surface area contributed by atoms with Crippen molar-refractivity contribution in [2.75, 3.05) is 27.4 Å². The first-order valence-electron chi connectivity index (χ1n) is 7.23. The fraction of sp³-hybridized carbons (Fsp3) is 0.455. The van der Waals surface area contributed by atoms with Gasteiger partial charge in [-0.05, 0) is 24.7 Å². The van der Waals surface area contributed by atoms with Gasteiger partial charge < -0.3 is 19.9 Å². The average Bonchev–Trinajstić information content (AvgIpc) is 2.33. The van der Waals surface area contributed by atoms with Crippen molar-refractivity contribution in [1.29, 1.82) is 0 Å². The van der Waals surface area contributed by atoms with Crippen molar-refractivity contribution in [1.82, 2.24) is 5.32 Å². The molecule has 84 valence electrons. The summed E-state index contributed by atoms with van der Waals surface area (Å²) in [6.07, 6.45) is -2.83. The van der Waals surface area contributed by atoms with Gasteiger partial charge in [0.2, 0.25) is 0 Å². The molecule has 0 amide bonds. The lowest BCUT2D eigenvalue weighted by atomic mass is 10.1. The van der Waals surface area contributed by atoms with Gasteiger partial charge >= 0.3 is 0 Å².